The minimum atomic E-state index is 0. The number of likely N-dealkylation sites (N-methyl/N-ethyl adjacent to an activating group) is 1. The molecule has 34 heavy (non-hydrogen) atoms. The third kappa shape index (κ3) is 6.85. The molecule has 1 aliphatic rings. The number of fused-ring (bicyclic) bond motifs is 1. The number of hydrogen-bond acceptors (Lipinski definition) is 4. The van der Waals surface area contributed by atoms with Gasteiger partial charge in [0.2, 0.25) is 0 Å². The van der Waals surface area contributed by atoms with Gasteiger partial charge in [-0.05, 0) is 61.7 Å². The lowest BCUT2D eigenvalue weighted by Crippen LogP contribution is -2.46. The smallest absolute Gasteiger partial charge is 0.191 e. The second-order valence-corrected chi connectivity index (χ2v) is 8.68. The van der Waals surface area contributed by atoms with Gasteiger partial charge in [-0.2, -0.15) is 0 Å². The van der Waals surface area contributed by atoms with Gasteiger partial charge in [0.25, 0.3) is 0 Å². The van der Waals surface area contributed by atoms with Crippen molar-refractivity contribution >= 4 is 46.7 Å². The van der Waals surface area contributed by atoms with Crippen LogP contribution in [0.3, 0.4) is 0 Å². The Morgan fingerprint density at radius 2 is 1.91 bits per heavy atom. The Morgan fingerprint density at radius 3 is 2.68 bits per heavy atom. The summed E-state index contributed by atoms with van der Waals surface area (Å²) in [4.78, 5) is 17.7. The van der Waals surface area contributed by atoms with Crippen molar-refractivity contribution in [3.8, 4) is 0 Å². The van der Waals surface area contributed by atoms with Crippen LogP contribution in [0.2, 0.25) is 0 Å². The number of H-pyrrole nitrogens is 1. The lowest BCUT2D eigenvalue weighted by molar-refractivity contribution is 0.270. The molecule has 3 heterocycles. The summed E-state index contributed by atoms with van der Waals surface area (Å²) in [5, 5.41) is 8.15. The van der Waals surface area contributed by atoms with Crippen LogP contribution in [-0.2, 0) is 13.0 Å². The molecule has 0 bridgehead atoms. The average Bonchev–Trinajstić information content (AvgIpc) is 3.24. The van der Waals surface area contributed by atoms with E-state index in [2.05, 4.69) is 87.7 Å². The van der Waals surface area contributed by atoms with Gasteiger partial charge in [0.1, 0.15) is 5.82 Å². The van der Waals surface area contributed by atoms with Crippen molar-refractivity contribution in [2.45, 2.75) is 33.7 Å². The van der Waals surface area contributed by atoms with Gasteiger partial charge in [-0.1, -0.05) is 19.1 Å². The minimum absolute atomic E-state index is 0. The van der Waals surface area contributed by atoms with Crippen LogP contribution in [0.25, 0.3) is 10.9 Å². The van der Waals surface area contributed by atoms with Crippen molar-refractivity contribution < 1.29 is 0 Å². The molecule has 0 radical (unpaired) electrons. The summed E-state index contributed by atoms with van der Waals surface area (Å²) < 4.78 is 0. The SMILES string of the molecule is CCNC(=NCc1ccnc(N2CCN(CC)CC2)c1)NCCc1c[nH]c2cc(C)ccc12.I. The fraction of sp³-hybridized carbons (Fsp3) is 0.462. The Bertz CT molecular complexity index is 1070. The number of aromatic amines is 1. The summed E-state index contributed by atoms with van der Waals surface area (Å²) >= 11 is 0. The van der Waals surface area contributed by atoms with E-state index in [1.165, 1.54) is 27.6 Å². The van der Waals surface area contributed by atoms with E-state index < -0.39 is 0 Å². The molecule has 1 saturated heterocycles. The zero-order chi connectivity index (χ0) is 23.0. The summed E-state index contributed by atoms with van der Waals surface area (Å²) in [6.07, 6.45) is 4.97. The third-order valence-electron chi connectivity index (χ3n) is 6.33. The number of aryl methyl sites for hydroxylation is 1. The molecule has 7 nitrogen and oxygen atoms in total. The Kier molecular flexibility index (Phi) is 10.0. The Morgan fingerprint density at radius 1 is 1.09 bits per heavy atom. The highest BCUT2D eigenvalue weighted by atomic mass is 127. The van der Waals surface area contributed by atoms with Gasteiger partial charge in [-0.25, -0.2) is 9.98 Å². The minimum Gasteiger partial charge on any atom is -0.361 e. The molecule has 3 N–H and O–H groups in total. The number of aromatic nitrogens is 2. The van der Waals surface area contributed by atoms with E-state index in [9.17, 15) is 0 Å². The van der Waals surface area contributed by atoms with Crippen LogP contribution in [0, 0.1) is 6.92 Å². The maximum absolute atomic E-state index is 4.82. The fourth-order valence-electron chi connectivity index (χ4n) is 4.36. The van der Waals surface area contributed by atoms with Crippen LogP contribution in [0.4, 0.5) is 5.82 Å². The number of anilines is 1. The molecule has 0 aliphatic carbocycles. The lowest BCUT2D eigenvalue weighted by Gasteiger charge is -2.34. The van der Waals surface area contributed by atoms with E-state index in [-0.39, 0.29) is 24.0 Å². The molecule has 4 rings (SSSR count). The van der Waals surface area contributed by atoms with Gasteiger partial charge in [0, 0.05) is 62.6 Å². The van der Waals surface area contributed by atoms with Gasteiger partial charge in [-0.15, -0.1) is 24.0 Å². The number of aliphatic imine (C=N–C) groups is 1. The van der Waals surface area contributed by atoms with Crippen molar-refractivity contribution in [3.63, 3.8) is 0 Å². The van der Waals surface area contributed by atoms with Crippen LogP contribution >= 0.6 is 24.0 Å². The van der Waals surface area contributed by atoms with Gasteiger partial charge < -0.3 is 25.4 Å². The second-order valence-electron chi connectivity index (χ2n) is 8.68. The zero-order valence-electron chi connectivity index (χ0n) is 20.6. The predicted molar refractivity (Wildman–Crippen MR) is 154 cm³/mol. The van der Waals surface area contributed by atoms with Crippen LogP contribution in [-0.4, -0.2) is 66.6 Å². The first-order valence-electron chi connectivity index (χ1n) is 12.2. The molecular formula is C26H38IN7. The van der Waals surface area contributed by atoms with E-state index in [4.69, 9.17) is 4.99 Å². The van der Waals surface area contributed by atoms with E-state index in [0.29, 0.717) is 6.54 Å². The van der Waals surface area contributed by atoms with E-state index in [0.717, 1.165) is 64.0 Å². The molecule has 0 spiro atoms. The summed E-state index contributed by atoms with van der Waals surface area (Å²) in [7, 11) is 0. The van der Waals surface area contributed by atoms with Crippen molar-refractivity contribution in [2.75, 3.05) is 50.7 Å². The summed E-state index contributed by atoms with van der Waals surface area (Å²) in [6.45, 7) is 14.1. The summed E-state index contributed by atoms with van der Waals surface area (Å²) in [5.41, 5.74) is 4.99. The average molecular weight is 576 g/mol. The molecule has 184 valence electrons. The molecule has 0 saturated carbocycles. The largest absolute Gasteiger partial charge is 0.361 e. The number of benzene rings is 1. The second kappa shape index (κ2) is 12.9. The fourth-order valence-corrected chi connectivity index (χ4v) is 4.36. The zero-order valence-corrected chi connectivity index (χ0v) is 22.9. The molecule has 0 amide bonds. The van der Waals surface area contributed by atoms with Gasteiger partial charge in [-0.3, -0.25) is 0 Å². The molecule has 1 aliphatic heterocycles. The molecule has 2 aromatic heterocycles. The molecule has 1 aromatic carbocycles. The first-order valence-corrected chi connectivity index (χ1v) is 12.2. The number of guanidine groups is 1. The van der Waals surface area contributed by atoms with Crippen LogP contribution in [0.1, 0.15) is 30.5 Å². The molecule has 3 aromatic rings. The van der Waals surface area contributed by atoms with Gasteiger partial charge in [0.15, 0.2) is 5.96 Å². The quantitative estimate of drug-likeness (QED) is 0.216. The number of nitrogens with zero attached hydrogens (tertiary/aromatic N) is 4. The number of rotatable bonds is 8. The molecule has 0 atom stereocenters. The van der Waals surface area contributed by atoms with Gasteiger partial charge >= 0.3 is 0 Å². The summed E-state index contributed by atoms with van der Waals surface area (Å²) in [6, 6.07) is 10.8. The Labute approximate surface area is 220 Å². The van der Waals surface area contributed by atoms with Gasteiger partial charge in [0.05, 0.1) is 6.54 Å². The molecule has 0 unspecified atom stereocenters. The number of piperazine rings is 1. The number of nitrogens with one attached hydrogen (secondary N) is 3. The number of hydrogen-bond donors (Lipinski definition) is 3. The van der Waals surface area contributed by atoms with Crippen LogP contribution in [0.15, 0.2) is 47.7 Å². The normalized spacial score (nSPS) is 14.8. The van der Waals surface area contributed by atoms with E-state index in [1.54, 1.807) is 0 Å². The summed E-state index contributed by atoms with van der Waals surface area (Å²) in [5.74, 6) is 1.91. The predicted octanol–water partition coefficient (Wildman–Crippen LogP) is 3.93. The van der Waals surface area contributed by atoms with Crippen molar-refractivity contribution in [3.05, 3.63) is 59.4 Å². The highest BCUT2D eigenvalue weighted by Crippen LogP contribution is 2.20. The Balaban J connectivity index is 0.00000324. The molecule has 8 heteroatoms. The highest BCUT2D eigenvalue weighted by Gasteiger charge is 2.16. The maximum Gasteiger partial charge on any atom is 0.191 e. The third-order valence-corrected chi connectivity index (χ3v) is 6.33. The molecular weight excluding hydrogens is 537 g/mol. The topological polar surface area (TPSA) is 71.6 Å². The highest BCUT2D eigenvalue weighted by molar-refractivity contribution is 14.0. The first kappa shape index (κ1) is 26.3. The van der Waals surface area contributed by atoms with E-state index >= 15 is 0 Å². The monoisotopic (exact) mass is 575 g/mol. The van der Waals surface area contributed by atoms with Crippen molar-refractivity contribution in [1.82, 2.24) is 25.5 Å². The first-order chi connectivity index (χ1) is 16.2. The van der Waals surface area contributed by atoms with Crippen molar-refractivity contribution in [1.29, 1.82) is 0 Å². The van der Waals surface area contributed by atoms with E-state index in [1.807, 2.05) is 6.20 Å². The van der Waals surface area contributed by atoms with Crippen LogP contribution in [0.5, 0.6) is 0 Å². The van der Waals surface area contributed by atoms with Crippen molar-refractivity contribution in [2.24, 2.45) is 4.99 Å². The maximum atomic E-state index is 4.82. The number of pyridine rings is 1. The van der Waals surface area contributed by atoms with Crippen LogP contribution < -0.4 is 15.5 Å². The standard InChI is InChI=1S/C26H37N7.HI/c1-4-27-26(29-11-9-22-19-30-24-16-20(3)6-7-23(22)24)31-18-21-8-10-28-25(17-21)33-14-12-32(5-2)13-15-33;/h6-8,10,16-17,19,30H,4-5,9,11-15,18H2,1-3H3,(H2,27,29,31);1H. The lowest BCUT2D eigenvalue weighted by atomic mass is 10.1. The number of halogens is 1. The Hall–Kier alpha value is -2.33. The molecule has 1 fully saturated rings.